The predicted octanol–water partition coefficient (Wildman–Crippen LogP) is 3.38. The van der Waals surface area contributed by atoms with Crippen molar-refractivity contribution in [1.29, 1.82) is 0 Å². The third-order valence-corrected chi connectivity index (χ3v) is 1.19. The van der Waals surface area contributed by atoms with Crippen LogP contribution in [0.15, 0.2) is 36.7 Å². The molecule has 0 heterocycles. The number of hydrogen-bond acceptors (Lipinski definition) is 0. The molecule has 0 atom stereocenters. The lowest BCUT2D eigenvalue weighted by Gasteiger charge is -1.98. The lowest BCUT2D eigenvalue weighted by atomic mass is 10.1. The van der Waals surface area contributed by atoms with Crippen LogP contribution in [0.4, 0.5) is 4.39 Å². The van der Waals surface area contributed by atoms with Crippen LogP contribution in [0.1, 0.15) is 19.8 Å². The summed E-state index contributed by atoms with van der Waals surface area (Å²) >= 11 is 0. The molecule has 0 saturated heterocycles. The third-order valence-electron chi connectivity index (χ3n) is 1.19. The van der Waals surface area contributed by atoms with Gasteiger partial charge in [-0.1, -0.05) is 38.7 Å². The number of halogens is 1. The summed E-state index contributed by atoms with van der Waals surface area (Å²) in [5.74, 6) is -0.346. The van der Waals surface area contributed by atoms with Gasteiger partial charge in [0.25, 0.3) is 0 Å². The molecule has 0 aliphatic rings. The monoisotopic (exact) mass is 140 g/mol. The molecule has 0 amide bonds. The van der Waals surface area contributed by atoms with Crippen molar-refractivity contribution in [3.8, 4) is 0 Å². The minimum Gasteiger partial charge on any atom is -0.207 e. The average Bonchev–Trinajstić information content (AvgIpc) is 1.87. The molecule has 0 unspecified atom stereocenters. The maximum Gasteiger partial charge on any atom is 0.119 e. The Labute approximate surface area is 61.8 Å². The lowest BCUT2D eigenvalue weighted by Crippen LogP contribution is -1.80. The summed E-state index contributed by atoms with van der Waals surface area (Å²) in [6.45, 7) is 8.69. The van der Waals surface area contributed by atoms with Crippen LogP contribution in [0.5, 0.6) is 0 Å². The Bertz CT molecular complexity index is 154. The molecule has 1 heteroatoms. The van der Waals surface area contributed by atoms with E-state index >= 15 is 0 Å². The van der Waals surface area contributed by atoms with Gasteiger partial charge in [0, 0.05) is 0 Å². The topological polar surface area (TPSA) is 0 Å². The third kappa shape index (κ3) is 3.23. The molecule has 0 spiro atoms. The van der Waals surface area contributed by atoms with E-state index in [9.17, 15) is 4.39 Å². The highest BCUT2D eigenvalue weighted by molar-refractivity contribution is 5.25. The molecule has 0 radical (unpaired) electrons. The van der Waals surface area contributed by atoms with Crippen LogP contribution in [-0.2, 0) is 0 Å². The zero-order valence-corrected chi connectivity index (χ0v) is 6.36. The van der Waals surface area contributed by atoms with E-state index in [1.807, 2.05) is 6.92 Å². The normalized spacial score (nSPS) is 11.2. The van der Waals surface area contributed by atoms with Crippen molar-refractivity contribution in [3.05, 3.63) is 36.7 Å². The summed E-state index contributed by atoms with van der Waals surface area (Å²) in [6, 6.07) is 0. The van der Waals surface area contributed by atoms with Gasteiger partial charge in [-0.25, -0.2) is 4.39 Å². The SMILES string of the molecule is C=C/C=C(/CCC)C(=C)F. The zero-order valence-electron chi connectivity index (χ0n) is 6.36. The Morgan fingerprint density at radius 1 is 1.60 bits per heavy atom. The molecular formula is C9H13F. The van der Waals surface area contributed by atoms with Crippen LogP contribution in [0.3, 0.4) is 0 Å². The first kappa shape index (κ1) is 9.15. The highest BCUT2D eigenvalue weighted by Gasteiger charge is 1.97. The van der Waals surface area contributed by atoms with Crippen LogP contribution < -0.4 is 0 Å². The maximum atomic E-state index is 12.4. The minimum absolute atomic E-state index is 0.346. The highest BCUT2D eigenvalue weighted by Crippen LogP contribution is 2.14. The fraction of sp³-hybridized carbons (Fsp3) is 0.333. The Kier molecular flexibility index (Phi) is 4.55. The summed E-state index contributed by atoms with van der Waals surface area (Å²) in [5.41, 5.74) is 0.650. The first-order valence-corrected chi connectivity index (χ1v) is 3.38. The molecule has 0 bridgehead atoms. The van der Waals surface area contributed by atoms with Gasteiger partial charge in [-0.2, -0.15) is 0 Å². The largest absolute Gasteiger partial charge is 0.207 e. The quantitative estimate of drug-likeness (QED) is 0.525. The van der Waals surface area contributed by atoms with E-state index in [2.05, 4.69) is 13.2 Å². The van der Waals surface area contributed by atoms with Crippen LogP contribution in [-0.4, -0.2) is 0 Å². The van der Waals surface area contributed by atoms with E-state index in [0.29, 0.717) is 5.57 Å². The molecule has 0 aromatic carbocycles. The van der Waals surface area contributed by atoms with Crippen LogP contribution in [0.2, 0.25) is 0 Å². The van der Waals surface area contributed by atoms with Crippen LogP contribution >= 0.6 is 0 Å². The Balaban J connectivity index is 4.11. The molecule has 0 saturated carbocycles. The van der Waals surface area contributed by atoms with Gasteiger partial charge in [-0.05, 0) is 12.0 Å². The highest BCUT2D eigenvalue weighted by atomic mass is 19.1. The molecule has 0 aliphatic carbocycles. The molecule has 0 aliphatic heterocycles. The van der Waals surface area contributed by atoms with Gasteiger partial charge in [0.2, 0.25) is 0 Å². The second-order valence-corrected chi connectivity index (χ2v) is 2.08. The van der Waals surface area contributed by atoms with Crippen molar-refractivity contribution in [2.75, 3.05) is 0 Å². The standard InChI is InChI=1S/C9H13F/c1-4-6-9(7-5-2)8(3)10/h4,6H,1,3,5,7H2,2H3/b9-6-. The van der Waals surface area contributed by atoms with Crippen molar-refractivity contribution >= 4 is 0 Å². The molecule has 0 N–H and O–H groups in total. The number of allylic oxidation sites excluding steroid dienone is 4. The summed E-state index contributed by atoms with van der Waals surface area (Å²) in [7, 11) is 0. The van der Waals surface area contributed by atoms with Gasteiger partial charge >= 0.3 is 0 Å². The number of hydrogen-bond donors (Lipinski definition) is 0. The minimum atomic E-state index is -0.346. The van der Waals surface area contributed by atoms with E-state index in [-0.39, 0.29) is 5.83 Å². The lowest BCUT2D eigenvalue weighted by molar-refractivity contribution is 0.640. The molecular weight excluding hydrogens is 127 g/mol. The van der Waals surface area contributed by atoms with Gasteiger partial charge in [0.05, 0.1) is 0 Å². The molecule has 0 aromatic rings. The number of rotatable bonds is 4. The van der Waals surface area contributed by atoms with E-state index in [4.69, 9.17) is 0 Å². The molecule has 10 heavy (non-hydrogen) atoms. The fourth-order valence-corrected chi connectivity index (χ4v) is 0.721. The van der Waals surface area contributed by atoms with Gasteiger partial charge in [0.15, 0.2) is 0 Å². The van der Waals surface area contributed by atoms with Crippen molar-refractivity contribution in [1.82, 2.24) is 0 Å². The second kappa shape index (κ2) is 4.98. The summed E-state index contributed by atoms with van der Waals surface area (Å²) in [6.07, 6.45) is 4.91. The van der Waals surface area contributed by atoms with E-state index in [1.54, 1.807) is 12.2 Å². The molecule has 56 valence electrons. The van der Waals surface area contributed by atoms with Gasteiger partial charge in [-0.3, -0.25) is 0 Å². The fourth-order valence-electron chi connectivity index (χ4n) is 0.721. The zero-order chi connectivity index (χ0) is 7.98. The van der Waals surface area contributed by atoms with E-state index in [0.717, 1.165) is 12.8 Å². The van der Waals surface area contributed by atoms with E-state index < -0.39 is 0 Å². The average molecular weight is 140 g/mol. The first-order chi connectivity index (χ1) is 4.72. The summed E-state index contributed by atoms with van der Waals surface area (Å²) < 4.78 is 12.4. The second-order valence-electron chi connectivity index (χ2n) is 2.08. The van der Waals surface area contributed by atoms with Crippen molar-refractivity contribution < 1.29 is 4.39 Å². The van der Waals surface area contributed by atoms with Crippen molar-refractivity contribution in [2.24, 2.45) is 0 Å². The van der Waals surface area contributed by atoms with Crippen molar-refractivity contribution in [3.63, 3.8) is 0 Å². The first-order valence-electron chi connectivity index (χ1n) is 3.38. The molecule has 0 nitrogen and oxygen atoms in total. The summed E-state index contributed by atoms with van der Waals surface area (Å²) in [5, 5.41) is 0. The van der Waals surface area contributed by atoms with Gasteiger partial charge < -0.3 is 0 Å². The Hall–Kier alpha value is -0.850. The summed E-state index contributed by atoms with van der Waals surface area (Å²) in [4.78, 5) is 0. The maximum absolute atomic E-state index is 12.4. The van der Waals surface area contributed by atoms with E-state index in [1.165, 1.54) is 0 Å². The molecule has 0 fully saturated rings. The smallest absolute Gasteiger partial charge is 0.119 e. The molecule has 0 aromatic heterocycles. The van der Waals surface area contributed by atoms with Gasteiger partial charge in [-0.15, -0.1) is 0 Å². The van der Waals surface area contributed by atoms with Crippen LogP contribution in [0.25, 0.3) is 0 Å². The van der Waals surface area contributed by atoms with Gasteiger partial charge in [0.1, 0.15) is 5.83 Å². The Morgan fingerprint density at radius 2 is 2.20 bits per heavy atom. The predicted molar refractivity (Wildman–Crippen MR) is 43.4 cm³/mol. The molecule has 0 rings (SSSR count). The van der Waals surface area contributed by atoms with Crippen LogP contribution in [0, 0.1) is 0 Å². The Morgan fingerprint density at radius 3 is 2.50 bits per heavy atom. The van der Waals surface area contributed by atoms with Crippen molar-refractivity contribution in [2.45, 2.75) is 19.8 Å².